The summed E-state index contributed by atoms with van der Waals surface area (Å²) in [5, 5.41) is 0. The zero-order valence-electron chi connectivity index (χ0n) is 11.8. The number of pyridine rings is 1. The molecule has 3 rings (SSSR count). The monoisotopic (exact) mass is 319 g/mol. The fraction of sp³-hybridized carbons (Fsp3) is 0.133. The Hall–Kier alpha value is -2.25. The third-order valence-corrected chi connectivity index (χ3v) is 4.68. The molecular weight excluding hydrogens is 305 g/mol. The fourth-order valence-electron chi connectivity index (χ4n) is 2.18. The average molecular weight is 319 g/mol. The van der Waals surface area contributed by atoms with Crippen LogP contribution in [-0.4, -0.2) is 17.8 Å². The number of rotatable bonds is 4. The van der Waals surface area contributed by atoms with E-state index in [1.165, 1.54) is 18.2 Å². The zero-order chi connectivity index (χ0) is 15.7. The number of halogens is 1. The summed E-state index contributed by atoms with van der Waals surface area (Å²) in [5.41, 5.74) is 2.37. The van der Waals surface area contributed by atoms with E-state index in [0.717, 1.165) is 17.3 Å². The molecule has 7 heteroatoms. The van der Waals surface area contributed by atoms with Gasteiger partial charge in [-0.15, -0.1) is 0 Å². The summed E-state index contributed by atoms with van der Waals surface area (Å²) in [6, 6.07) is 8.71. The van der Waals surface area contributed by atoms with E-state index in [-0.39, 0.29) is 11.4 Å². The van der Waals surface area contributed by atoms with Crippen molar-refractivity contribution in [2.24, 2.45) is 0 Å². The number of sulfonamides is 1. The van der Waals surface area contributed by atoms with Crippen molar-refractivity contribution >= 4 is 15.7 Å². The maximum absolute atomic E-state index is 13.1. The summed E-state index contributed by atoms with van der Waals surface area (Å²) >= 11 is 0. The van der Waals surface area contributed by atoms with Gasteiger partial charge in [-0.3, -0.25) is 0 Å². The minimum Gasteiger partial charge on any atom is -0.307 e. The molecule has 2 aromatic heterocycles. The number of benzene rings is 1. The number of nitrogens with one attached hydrogen (secondary N) is 1. The van der Waals surface area contributed by atoms with Gasteiger partial charge in [-0.05, 0) is 36.8 Å². The van der Waals surface area contributed by atoms with Gasteiger partial charge in [0.05, 0.1) is 17.1 Å². The molecule has 0 aliphatic heterocycles. The van der Waals surface area contributed by atoms with Gasteiger partial charge in [-0.2, -0.15) is 0 Å². The molecule has 0 bridgehead atoms. The maximum Gasteiger partial charge on any atom is 0.241 e. The standard InChI is InChI=1S/C15H14FN3O2S/c1-11-4-3-7-19-10-13(18-15(11)19)9-17-22(20,21)14-6-2-5-12(16)8-14/h2-8,10,17H,9H2,1H3. The lowest BCUT2D eigenvalue weighted by molar-refractivity contribution is 0.576. The van der Waals surface area contributed by atoms with E-state index in [1.54, 1.807) is 6.20 Å². The minimum atomic E-state index is -3.77. The summed E-state index contributed by atoms with van der Waals surface area (Å²) in [6.07, 6.45) is 3.61. The lowest BCUT2D eigenvalue weighted by Crippen LogP contribution is -2.23. The van der Waals surface area contributed by atoms with Gasteiger partial charge in [0, 0.05) is 12.4 Å². The van der Waals surface area contributed by atoms with Crippen molar-refractivity contribution in [3.8, 4) is 0 Å². The van der Waals surface area contributed by atoms with Crippen molar-refractivity contribution in [1.82, 2.24) is 14.1 Å². The molecule has 0 saturated carbocycles. The van der Waals surface area contributed by atoms with Crippen molar-refractivity contribution in [2.45, 2.75) is 18.4 Å². The first-order valence-electron chi connectivity index (χ1n) is 6.64. The lowest BCUT2D eigenvalue weighted by Gasteiger charge is -2.05. The van der Waals surface area contributed by atoms with Gasteiger partial charge in [0.1, 0.15) is 11.5 Å². The molecule has 0 aliphatic rings. The predicted octanol–water partition coefficient (Wildman–Crippen LogP) is 2.26. The van der Waals surface area contributed by atoms with Gasteiger partial charge < -0.3 is 4.40 Å². The van der Waals surface area contributed by atoms with E-state index in [4.69, 9.17) is 0 Å². The second kappa shape index (κ2) is 5.51. The molecule has 1 N–H and O–H groups in total. The molecule has 0 unspecified atom stereocenters. The van der Waals surface area contributed by atoms with Crippen LogP contribution < -0.4 is 4.72 Å². The Balaban J connectivity index is 1.82. The average Bonchev–Trinajstić information content (AvgIpc) is 2.90. The third-order valence-electron chi connectivity index (χ3n) is 3.28. The normalized spacial score (nSPS) is 11.9. The highest BCUT2D eigenvalue weighted by atomic mass is 32.2. The van der Waals surface area contributed by atoms with Crippen LogP contribution in [0, 0.1) is 12.7 Å². The van der Waals surface area contributed by atoms with Crippen molar-refractivity contribution < 1.29 is 12.8 Å². The smallest absolute Gasteiger partial charge is 0.241 e. The first-order valence-corrected chi connectivity index (χ1v) is 8.12. The highest BCUT2D eigenvalue weighted by Gasteiger charge is 2.15. The minimum absolute atomic E-state index is 0.0416. The Bertz CT molecular complexity index is 935. The first-order chi connectivity index (χ1) is 10.5. The fourth-order valence-corrected chi connectivity index (χ4v) is 3.21. The van der Waals surface area contributed by atoms with E-state index in [1.807, 2.05) is 29.7 Å². The molecule has 0 aliphatic carbocycles. The van der Waals surface area contributed by atoms with Gasteiger partial charge >= 0.3 is 0 Å². The van der Waals surface area contributed by atoms with Crippen LogP contribution in [0.25, 0.3) is 5.65 Å². The van der Waals surface area contributed by atoms with Gasteiger partial charge in [-0.1, -0.05) is 12.1 Å². The van der Waals surface area contributed by atoms with Crippen molar-refractivity contribution in [3.05, 3.63) is 65.9 Å². The summed E-state index contributed by atoms with van der Waals surface area (Å²) in [7, 11) is -3.77. The van der Waals surface area contributed by atoms with E-state index in [2.05, 4.69) is 9.71 Å². The third kappa shape index (κ3) is 2.86. The van der Waals surface area contributed by atoms with Gasteiger partial charge in [0.2, 0.25) is 10.0 Å². The molecule has 1 aromatic carbocycles. The predicted molar refractivity (Wildman–Crippen MR) is 80.4 cm³/mol. The molecule has 0 saturated heterocycles. The molecule has 114 valence electrons. The maximum atomic E-state index is 13.1. The SMILES string of the molecule is Cc1cccn2cc(CNS(=O)(=O)c3cccc(F)c3)nc12. The summed E-state index contributed by atoms with van der Waals surface area (Å²) < 4.78 is 41.7. The highest BCUT2D eigenvalue weighted by Crippen LogP contribution is 2.13. The van der Waals surface area contributed by atoms with Crippen molar-refractivity contribution in [1.29, 1.82) is 0 Å². The van der Waals surface area contributed by atoms with Crippen molar-refractivity contribution in [3.63, 3.8) is 0 Å². The molecule has 0 spiro atoms. The largest absolute Gasteiger partial charge is 0.307 e. The Morgan fingerprint density at radius 3 is 2.82 bits per heavy atom. The zero-order valence-corrected chi connectivity index (χ0v) is 12.6. The second-order valence-electron chi connectivity index (χ2n) is 4.94. The van der Waals surface area contributed by atoms with E-state index < -0.39 is 15.8 Å². The Labute approximate surface area is 127 Å². The number of nitrogens with zero attached hydrogens (tertiary/aromatic N) is 2. The molecule has 0 radical (unpaired) electrons. The summed E-state index contributed by atoms with van der Waals surface area (Å²) in [5.74, 6) is -0.591. The number of hydrogen-bond donors (Lipinski definition) is 1. The second-order valence-corrected chi connectivity index (χ2v) is 6.70. The lowest BCUT2D eigenvalue weighted by atomic mass is 10.3. The molecule has 3 aromatic rings. The van der Waals surface area contributed by atoms with Crippen LogP contribution in [-0.2, 0) is 16.6 Å². The number of aryl methyl sites for hydroxylation is 1. The van der Waals surface area contributed by atoms with Gasteiger partial charge in [0.15, 0.2) is 0 Å². The quantitative estimate of drug-likeness (QED) is 0.802. The van der Waals surface area contributed by atoms with Gasteiger partial charge in [0.25, 0.3) is 0 Å². The molecule has 22 heavy (non-hydrogen) atoms. The van der Waals surface area contributed by atoms with Crippen molar-refractivity contribution in [2.75, 3.05) is 0 Å². The molecule has 2 heterocycles. The Morgan fingerprint density at radius 1 is 1.27 bits per heavy atom. The number of aromatic nitrogens is 2. The summed E-state index contributed by atoms with van der Waals surface area (Å²) in [6.45, 7) is 1.98. The molecule has 0 atom stereocenters. The van der Waals surface area contributed by atoms with Crippen LogP contribution in [0.3, 0.4) is 0 Å². The Kier molecular flexibility index (Phi) is 3.67. The van der Waals surface area contributed by atoms with E-state index in [0.29, 0.717) is 5.69 Å². The number of hydrogen-bond acceptors (Lipinski definition) is 3. The van der Waals surface area contributed by atoms with Crippen LogP contribution in [0.5, 0.6) is 0 Å². The molecule has 0 amide bonds. The van der Waals surface area contributed by atoms with E-state index >= 15 is 0 Å². The van der Waals surface area contributed by atoms with E-state index in [9.17, 15) is 12.8 Å². The van der Waals surface area contributed by atoms with Crippen LogP contribution >= 0.6 is 0 Å². The van der Waals surface area contributed by atoms with Crippen LogP contribution in [0.2, 0.25) is 0 Å². The van der Waals surface area contributed by atoms with Gasteiger partial charge in [-0.25, -0.2) is 22.5 Å². The molecular formula is C15H14FN3O2S. The van der Waals surface area contributed by atoms with Crippen LogP contribution in [0.1, 0.15) is 11.3 Å². The molecule has 0 fully saturated rings. The molecule has 5 nitrogen and oxygen atoms in total. The topological polar surface area (TPSA) is 63.5 Å². The van der Waals surface area contributed by atoms with Crippen LogP contribution in [0.4, 0.5) is 4.39 Å². The summed E-state index contributed by atoms with van der Waals surface area (Å²) in [4.78, 5) is 4.28. The number of imidazole rings is 1. The van der Waals surface area contributed by atoms with Crippen LogP contribution in [0.15, 0.2) is 53.7 Å². The highest BCUT2D eigenvalue weighted by molar-refractivity contribution is 7.89. The first kappa shape index (κ1) is 14.7. The Morgan fingerprint density at radius 2 is 2.09 bits per heavy atom. The number of fused-ring (bicyclic) bond motifs is 1.